The quantitative estimate of drug-likeness (QED) is 0.636. The van der Waals surface area contributed by atoms with Crippen molar-refractivity contribution in [3.05, 3.63) is 41.9 Å². The Morgan fingerprint density at radius 2 is 1.44 bits per heavy atom. The molecule has 0 N–H and O–H groups in total. The molecule has 0 spiro atoms. The summed E-state index contributed by atoms with van der Waals surface area (Å²) in [4.78, 5) is 23.3. The van der Waals surface area contributed by atoms with Crippen molar-refractivity contribution in [3.8, 4) is 28.4 Å². The molecule has 0 aliphatic heterocycles. The van der Waals surface area contributed by atoms with Gasteiger partial charge in [0, 0.05) is 27.5 Å². The number of aldehydes is 2. The van der Waals surface area contributed by atoms with E-state index in [2.05, 4.69) is 0 Å². The van der Waals surface area contributed by atoms with Gasteiger partial charge in [-0.15, -0.1) is 0 Å². The Kier molecular flexibility index (Phi) is 4.43. The van der Waals surface area contributed by atoms with Gasteiger partial charge in [-0.05, 0) is 23.8 Å². The summed E-state index contributed by atoms with van der Waals surface area (Å²) in [5.41, 5.74) is 1.73. The first-order valence-corrected chi connectivity index (χ1v) is 7.42. The molecule has 6 nitrogen and oxygen atoms in total. The van der Waals surface area contributed by atoms with Crippen molar-refractivity contribution in [2.24, 2.45) is 0 Å². The van der Waals surface area contributed by atoms with Crippen molar-refractivity contribution in [3.63, 3.8) is 0 Å². The van der Waals surface area contributed by atoms with Crippen LogP contribution in [0, 0.1) is 0 Å². The third-order valence-electron chi connectivity index (χ3n) is 4.03. The summed E-state index contributed by atoms with van der Waals surface area (Å²) >= 11 is 0. The Hall–Kier alpha value is -3.28. The molecule has 0 aliphatic rings. The molecule has 0 bridgehead atoms. The Morgan fingerprint density at radius 3 is 2.00 bits per heavy atom. The molecule has 2 aromatic carbocycles. The molecule has 25 heavy (non-hydrogen) atoms. The number of ether oxygens (including phenoxy) is 3. The van der Waals surface area contributed by atoms with Crippen LogP contribution >= 0.6 is 0 Å². The lowest BCUT2D eigenvalue weighted by atomic mass is 9.93. The fraction of sp³-hybridized carbons (Fsp3) is 0.158. The van der Waals surface area contributed by atoms with Crippen LogP contribution < -0.4 is 14.2 Å². The van der Waals surface area contributed by atoms with Crippen LogP contribution in [0.2, 0.25) is 0 Å². The van der Waals surface area contributed by atoms with Crippen molar-refractivity contribution in [2.45, 2.75) is 0 Å². The van der Waals surface area contributed by atoms with Crippen molar-refractivity contribution >= 4 is 23.3 Å². The van der Waals surface area contributed by atoms with E-state index in [1.165, 1.54) is 21.3 Å². The van der Waals surface area contributed by atoms with Gasteiger partial charge in [0.2, 0.25) is 5.75 Å². The highest BCUT2D eigenvalue weighted by Gasteiger charge is 2.23. The van der Waals surface area contributed by atoms with E-state index < -0.39 is 0 Å². The summed E-state index contributed by atoms with van der Waals surface area (Å²) in [7, 11) is 4.41. The third kappa shape index (κ3) is 2.61. The topological polar surface area (TPSA) is 75.0 Å². The Labute approximate surface area is 143 Å². The molecular formula is C19H16O6. The molecule has 0 saturated heterocycles. The van der Waals surface area contributed by atoms with E-state index in [1.807, 2.05) is 0 Å². The van der Waals surface area contributed by atoms with Crippen molar-refractivity contribution < 1.29 is 28.2 Å². The Balaban J connectivity index is 2.43. The first-order chi connectivity index (χ1) is 12.2. The molecule has 0 saturated carbocycles. The minimum absolute atomic E-state index is 0.315. The molecule has 1 aromatic heterocycles. The maximum atomic E-state index is 11.7. The lowest BCUT2D eigenvalue weighted by Gasteiger charge is -2.18. The smallest absolute Gasteiger partial charge is 0.203 e. The van der Waals surface area contributed by atoms with E-state index in [9.17, 15) is 9.59 Å². The van der Waals surface area contributed by atoms with E-state index in [0.29, 0.717) is 45.8 Å². The van der Waals surface area contributed by atoms with Crippen LogP contribution in [0.15, 0.2) is 35.1 Å². The van der Waals surface area contributed by atoms with E-state index in [1.54, 1.807) is 30.7 Å². The second-order valence-electron chi connectivity index (χ2n) is 5.29. The largest absolute Gasteiger partial charge is 0.493 e. The average molecular weight is 340 g/mol. The van der Waals surface area contributed by atoms with Gasteiger partial charge in [0.25, 0.3) is 0 Å². The molecule has 0 fully saturated rings. The zero-order valence-corrected chi connectivity index (χ0v) is 14.0. The number of carbonyl (C=O) groups is 2. The Morgan fingerprint density at radius 1 is 0.800 bits per heavy atom. The monoisotopic (exact) mass is 340 g/mol. The van der Waals surface area contributed by atoms with Crippen LogP contribution in [0.4, 0.5) is 0 Å². The van der Waals surface area contributed by atoms with Gasteiger partial charge >= 0.3 is 0 Å². The van der Waals surface area contributed by atoms with Crippen molar-refractivity contribution in [1.29, 1.82) is 0 Å². The van der Waals surface area contributed by atoms with Gasteiger partial charge in [-0.1, -0.05) is 0 Å². The molecule has 0 unspecified atom stereocenters. The molecular weight excluding hydrogens is 324 g/mol. The van der Waals surface area contributed by atoms with Gasteiger partial charge in [-0.3, -0.25) is 9.59 Å². The number of furan rings is 1. The number of carbonyl (C=O) groups excluding carboxylic acids is 2. The standard InChI is InChI=1S/C19H16O6/c1-22-16-6-12(8-21)17(19(24-3)18(16)23-2)15-5-14-10-25-9-13(14)4-11(15)7-20/h4-10H,1-3H3. The summed E-state index contributed by atoms with van der Waals surface area (Å²) in [5.74, 6) is 1.02. The Bertz CT molecular complexity index is 954. The predicted molar refractivity (Wildman–Crippen MR) is 92.1 cm³/mol. The first-order valence-electron chi connectivity index (χ1n) is 7.42. The minimum atomic E-state index is 0.315. The first kappa shape index (κ1) is 16.6. The summed E-state index contributed by atoms with van der Waals surface area (Å²) in [6, 6.07) is 5.03. The summed E-state index contributed by atoms with van der Waals surface area (Å²) < 4.78 is 21.4. The molecule has 128 valence electrons. The molecule has 0 aliphatic carbocycles. The SMILES string of the molecule is COc1cc(C=O)c(-c2cc3cocc3cc2C=O)c(OC)c1OC. The van der Waals surface area contributed by atoms with Gasteiger partial charge in [0.05, 0.1) is 33.9 Å². The van der Waals surface area contributed by atoms with Crippen LogP contribution in [0.25, 0.3) is 21.9 Å². The normalized spacial score (nSPS) is 10.5. The highest BCUT2D eigenvalue weighted by atomic mass is 16.5. The van der Waals surface area contributed by atoms with Gasteiger partial charge in [-0.25, -0.2) is 0 Å². The van der Waals surface area contributed by atoms with Crippen LogP contribution in [0.1, 0.15) is 20.7 Å². The summed E-state index contributed by atoms with van der Waals surface area (Å²) in [5, 5.41) is 1.59. The zero-order valence-electron chi connectivity index (χ0n) is 14.0. The molecule has 0 atom stereocenters. The van der Waals surface area contributed by atoms with Crippen LogP contribution in [-0.4, -0.2) is 33.9 Å². The highest BCUT2D eigenvalue weighted by Crippen LogP contribution is 2.47. The van der Waals surface area contributed by atoms with E-state index in [4.69, 9.17) is 18.6 Å². The van der Waals surface area contributed by atoms with Gasteiger partial charge < -0.3 is 18.6 Å². The van der Waals surface area contributed by atoms with Crippen LogP contribution in [0.3, 0.4) is 0 Å². The molecule has 1 heterocycles. The van der Waals surface area contributed by atoms with Gasteiger partial charge in [-0.2, -0.15) is 0 Å². The van der Waals surface area contributed by atoms with Gasteiger partial charge in [0.15, 0.2) is 24.1 Å². The number of hydrogen-bond acceptors (Lipinski definition) is 6. The van der Waals surface area contributed by atoms with Crippen LogP contribution in [0.5, 0.6) is 17.2 Å². The van der Waals surface area contributed by atoms with Crippen molar-refractivity contribution in [2.75, 3.05) is 21.3 Å². The molecule has 6 heteroatoms. The maximum Gasteiger partial charge on any atom is 0.203 e. The maximum absolute atomic E-state index is 11.7. The van der Waals surface area contributed by atoms with Crippen LogP contribution in [-0.2, 0) is 0 Å². The number of hydrogen-bond donors (Lipinski definition) is 0. The number of rotatable bonds is 6. The third-order valence-corrected chi connectivity index (χ3v) is 4.03. The van der Waals surface area contributed by atoms with E-state index in [-0.39, 0.29) is 0 Å². The number of methoxy groups -OCH3 is 3. The number of fused-ring (bicyclic) bond motifs is 1. The second kappa shape index (κ2) is 6.68. The lowest BCUT2D eigenvalue weighted by Crippen LogP contribution is -2.02. The lowest BCUT2D eigenvalue weighted by molar-refractivity contribution is 0.111. The minimum Gasteiger partial charge on any atom is -0.493 e. The highest BCUT2D eigenvalue weighted by molar-refractivity contribution is 6.03. The van der Waals surface area contributed by atoms with E-state index >= 15 is 0 Å². The fourth-order valence-corrected chi connectivity index (χ4v) is 2.90. The molecule has 0 radical (unpaired) electrons. The molecule has 3 aromatic rings. The van der Waals surface area contributed by atoms with Crippen molar-refractivity contribution in [1.82, 2.24) is 0 Å². The van der Waals surface area contributed by atoms with Gasteiger partial charge in [0.1, 0.15) is 0 Å². The zero-order chi connectivity index (χ0) is 18.0. The number of benzene rings is 2. The summed E-state index contributed by atoms with van der Waals surface area (Å²) in [6.45, 7) is 0. The van der Waals surface area contributed by atoms with E-state index in [0.717, 1.165) is 17.1 Å². The molecule has 3 rings (SSSR count). The average Bonchev–Trinajstić information content (AvgIpc) is 3.12. The fourth-order valence-electron chi connectivity index (χ4n) is 2.90. The molecule has 0 amide bonds. The predicted octanol–water partition coefficient (Wildman–Crippen LogP) is 3.75. The second-order valence-corrected chi connectivity index (χ2v) is 5.29. The summed E-state index contributed by atoms with van der Waals surface area (Å²) in [6.07, 6.45) is 4.54.